The fourth-order valence-electron chi connectivity index (χ4n) is 2.15. The molecule has 26 heavy (non-hydrogen) atoms. The van der Waals surface area contributed by atoms with Crippen molar-refractivity contribution in [2.24, 2.45) is 0 Å². The van der Waals surface area contributed by atoms with E-state index in [1.807, 2.05) is 0 Å². The minimum atomic E-state index is -4.75. The van der Waals surface area contributed by atoms with Crippen LogP contribution in [0.4, 0.5) is 24.0 Å². The highest BCUT2D eigenvalue weighted by Crippen LogP contribution is 2.37. The van der Waals surface area contributed by atoms with Crippen molar-refractivity contribution >= 4 is 43.6 Å². The van der Waals surface area contributed by atoms with Gasteiger partial charge in [0.25, 0.3) is 0 Å². The van der Waals surface area contributed by atoms with Crippen LogP contribution in [0.3, 0.4) is 0 Å². The molecule has 1 aromatic heterocycles. The second kappa shape index (κ2) is 6.90. The van der Waals surface area contributed by atoms with Crippen LogP contribution in [0, 0.1) is 0 Å². The number of sulfone groups is 1. The molecule has 0 amide bonds. The van der Waals surface area contributed by atoms with E-state index in [1.165, 1.54) is 35.6 Å². The normalized spacial score (nSPS) is 12.2. The van der Waals surface area contributed by atoms with E-state index in [9.17, 15) is 21.6 Å². The van der Waals surface area contributed by atoms with Gasteiger partial charge in [0.15, 0.2) is 5.13 Å². The van der Waals surface area contributed by atoms with E-state index in [4.69, 9.17) is 11.6 Å². The van der Waals surface area contributed by atoms with Crippen LogP contribution in [-0.4, -0.2) is 13.4 Å². The van der Waals surface area contributed by atoms with Crippen LogP contribution in [0.1, 0.15) is 5.56 Å². The second-order valence-electron chi connectivity index (χ2n) is 5.13. The van der Waals surface area contributed by atoms with Crippen molar-refractivity contribution < 1.29 is 21.6 Å². The van der Waals surface area contributed by atoms with Crippen LogP contribution in [0.25, 0.3) is 0 Å². The maximum atomic E-state index is 13.0. The lowest BCUT2D eigenvalue weighted by atomic mass is 10.2. The lowest BCUT2D eigenvalue weighted by molar-refractivity contribution is -0.137. The zero-order valence-corrected chi connectivity index (χ0v) is 15.2. The maximum Gasteiger partial charge on any atom is 0.417 e. The summed E-state index contributed by atoms with van der Waals surface area (Å²) in [5, 5.41) is 4.84. The number of benzene rings is 2. The number of thiazole rings is 1. The number of halogens is 4. The smallest absolute Gasteiger partial charge is 0.332 e. The Balaban J connectivity index is 1.93. The van der Waals surface area contributed by atoms with Crippen molar-refractivity contribution in [3.63, 3.8) is 0 Å². The third-order valence-electron chi connectivity index (χ3n) is 3.40. The Bertz CT molecular complexity index is 1020. The van der Waals surface area contributed by atoms with Crippen molar-refractivity contribution in [2.75, 3.05) is 5.32 Å². The zero-order valence-electron chi connectivity index (χ0n) is 12.8. The quantitative estimate of drug-likeness (QED) is 0.617. The zero-order chi connectivity index (χ0) is 18.9. The summed E-state index contributed by atoms with van der Waals surface area (Å²) in [6.07, 6.45) is -3.13. The van der Waals surface area contributed by atoms with Gasteiger partial charge in [-0.15, -0.1) is 11.3 Å². The Morgan fingerprint density at radius 3 is 2.27 bits per heavy atom. The monoisotopic (exact) mass is 418 g/mol. The van der Waals surface area contributed by atoms with Crippen molar-refractivity contribution in [1.82, 2.24) is 4.98 Å². The number of alkyl halides is 3. The van der Waals surface area contributed by atoms with Gasteiger partial charge in [0.05, 0.1) is 20.4 Å². The number of rotatable bonds is 4. The summed E-state index contributed by atoms with van der Waals surface area (Å²) in [5.74, 6) is 0. The van der Waals surface area contributed by atoms with Crippen LogP contribution in [0.15, 0.2) is 63.8 Å². The van der Waals surface area contributed by atoms with E-state index >= 15 is 0 Å². The molecule has 0 atom stereocenters. The first-order chi connectivity index (χ1) is 12.2. The minimum Gasteiger partial charge on any atom is -0.332 e. The van der Waals surface area contributed by atoms with Gasteiger partial charge < -0.3 is 5.32 Å². The number of hydrogen-bond acceptors (Lipinski definition) is 5. The molecule has 0 aliphatic carbocycles. The molecule has 0 saturated carbocycles. The van der Waals surface area contributed by atoms with Crippen LogP contribution in [0.5, 0.6) is 0 Å². The summed E-state index contributed by atoms with van der Waals surface area (Å²) in [6.45, 7) is 0. The molecular weight excluding hydrogens is 409 g/mol. The van der Waals surface area contributed by atoms with Gasteiger partial charge in [-0.2, -0.15) is 13.2 Å². The molecule has 136 valence electrons. The van der Waals surface area contributed by atoms with Gasteiger partial charge in [-0.3, -0.25) is 0 Å². The molecule has 1 heterocycles. The summed E-state index contributed by atoms with van der Waals surface area (Å²) in [7, 11) is -4.12. The lowest BCUT2D eigenvalue weighted by Crippen LogP contribution is -2.09. The maximum absolute atomic E-state index is 13.0. The molecule has 1 N–H and O–H groups in total. The standard InChI is InChI=1S/C16H10ClF3N2O2S2/c17-14-6-5-12(9-13(14)16(18,19)20)26(23,24)11-3-1-10(2-4-11)22-15-21-7-8-25-15/h1-9H,(H,21,22). The van der Waals surface area contributed by atoms with Gasteiger partial charge in [-0.05, 0) is 42.5 Å². The highest BCUT2D eigenvalue weighted by atomic mass is 35.5. The molecule has 0 radical (unpaired) electrons. The number of nitrogens with zero attached hydrogens (tertiary/aromatic N) is 1. The molecule has 10 heteroatoms. The summed E-state index contributed by atoms with van der Waals surface area (Å²) < 4.78 is 64.1. The predicted molar refractivity (Wildman–Crippen MR) is 93.7 cm³/mol. The highest BCUT2D eigenvalue weighted by molar-refractivity contribution is 7.91. The van der Waals surface area contributed by atoms with Crippen LogP contribution < -0.4 is 5.32 Å². The van der Waals surface area contributed by atoms with Gasteiger partial charge >= 0.3 is 6.18 Å². The van der Waals surface area contributed by atoms with Gasteiger partial charge in [0.2, 0.25) is 9.84 Å². The lowest BCUT2D eigenvalue weighted by Gasteiger charge is -2.12. The van der Waals surface area contributed by atoms with Gasteiger partial charge in [0.1, 0.15) is 0 Å². The Hall–Kier alpha value is -2.10. The molecule has 0 aliphatic rings. The average Bonchev–Trinajstić information content (AvgIpc) is 3.07. The molecule has 0 fully saturated rings. The van der Waals surface area contributed by atoms with Crippen LogP contribution in [-0.2, 0) is 16.0 Å². The Morgan fingerprint density at radius 1 is 1.04 bits per heavy atom. The third kappa shape index (κ3) is 3.84. The van der Waals surface area contributed by atoms with E-state index in [-0.39, 0.29) is 4.90 Å². The molecule has 3 rings (SSSR count). The fourth-order valence-corrected chi connectivity index (χ4v) is 4.21. The van der Waals surface area contributed by atoms with Crippen LogP contribution in [0.2, 0.25) is 5.02 Å². The fraction of sp³-hybridized carbons (Fsp3) is 0.0625. The molecule has 0 unspecified atom stereocenters. The van der Waals surface area contributed by atoms with E-state index < -0.39 is 31.5 Å². The number of aromatic nitrogens is 1. The Kier molecular flexibility index (Phi) is 4.96. The molecule has 4 nitrogen and oxygen atoms in total. The number of hydrogen-bond donors (Lipinski definition) is 1. The van der Waals surface area contributed by atoms with Crippen molar-refractivity contribution in [3.05, 3.63) is 64.6 Å². The number of nitrogens with one attached hydrogen (secondary N) is 1. The number of anilines is 2. The Labute approximate surface area is 156 Å². The molecule has 3 aromatic rings. The summed E-state index contributed by atoms with van der Waals surface area (Å²) >= 11 is 6.91. The van der Waals surface area contributed by atoms with Gasteiger partial charge in [-0.1, -0.05) is 11.6 Å². The van der Waals surface area contributed by atoms with Crippen molar-refractivity contribution in [1.29, 1.82) is 0 Å². The molecule has 0 aliphatic heterocycles. The highest BCUT2D eigenvalue weighted by Gasteiger charge is 2.34. The van der Waals surface area contributed by atoms with E-state index in [0.717, 1.165) is 12.1 Å². The minimum absolute atomic E-state index is 0.127. The molecule has 0 spiro atoms. The summed E-state index contributed by atoms with van der Waals surface area (Å²) in [5.41, 5.74) is -0.590. The molecular formula is C16H10ClF3N2O2S2. The SMILES string of the molecule is O=S(=O)(c1ccc(Nc2nccs2)cc1)c1ccc(Cl)c(C(F)(F)F)c1. The predicted octanol–water partition coefficient (Wildman–Crippen LogP) is 5.39. The Morgan fingerprint density at radius 2 is 1.69 bits per heavy atom. The summed E-state index contributed by atoms with van der Waals surface area (Å²) in [4.78, 5) is 3.44. The first kappa shape index (κ1) is 18.7. The summed E-state index contributed by atoms with van der Waals surface area (Å²) in [6, 6.07) is 8.16. The first-order valence-corrected chi connectivity index (χ1v) is 9.80. The molecule has 0 bridgehead atoms. The first-order valence-electron chi connectivity index (χ1n) is 7.06. The van der Waals surface area contributed by atoms with Crippen molar-refractivity contribution in [2.45, 2.75) is 16.0 Å². The van der Waals surface area contributed by atoms with E-state index in [2.05, 4.69) is 10.3 Å². The molecule has 2 aromatic carbocycles. The van der Waals surface area contributed by atoms with Crippen LogP contribution >= 0.6 is 22.9 Å². The van der Waals surface area contributed by atoms with Gasteiger partial charge in [-0.25, -0.2) is 13.4 Å². The third-order valence-corrected chi connectivity index (χ3v) is 6.19. The van der Waals surface area contributed by atoms with Gasteiger partial charge in [0, 0.05) is 17.3 Å². The van der Waals surface area contributed by atoms with E-state index in [0.29, 0.717) is 16.9 Å². The molecule has 0 saturated heterocycles. The largest absolute Gasteiger partial charge is 0.417 e. The van der Waals surface area contributed by atoms with E-state index in [1.54, 1.807) is 11.6 Å². The topological polar surface area (TPSA) is 59.1 Å². The second-order valence-corrected chi connectivity index (χ2v) is 8.38. The van der Waals surface area contributed by atoms with Crippen molar-refractivity contribution in [3.8, 4) is 0 Å². The average molecular weight is 419 g/mol.